The van der Waals surface area contributed by atoms with Gasteiger partial charge >= 0.3 is 0 Å². The maximum absolute atomic E-state index is 14.3. The van der Waals surface area contributed by atoms with Gasteiger partial charge in [-0.2, -0.15) is 0 Å². The second-order valence-electron chi connectivity index (χ2n) is 7.14. The van der Waals surface area contributed by atoms with Gasteiger partial charge in [0, 0.05) is 30.0 Å². The molecule has 1 heterocycles. The fourth-order valence-electron chi connectivity index (χ4n) is 3.29. The Morgan fingerprint density at radius 1 is 1.28 bits per heavy atom. The van der Waals surface area contributed by atoms with E-state index in [1.165, 1.54) is 6.07 Å². The molecule has 2 aromatic carbocycles. The molecular formula is C22H25ClFN3O2. The van der Waals surface area contributed by atoms with Crippen molar-refractivity contribution in [2.75, 3.05) is 6.54 Å². The Bertz CT molecular complexity index is 967. The Labute approximate surface area is 174 Å². The lowest BCUT2D eigenvalue weighted by Crippen LogP contribution is -2.26. The molecule has 0 saturated carbocycles. The van der Waals surface area contributed by atoms with E-state index in [2.05, 4.69) is 10.3 Å². The Hall–Kier alpha value is -2.44. The fraction of sp³-hybridized carbons (Fsp3) is 0.364. The molecule has 0 radical (unpaired) electrons. The Morgan fingerprint density at radius 2 is 2.07 bits per heavy atom. The van der Waals surface area contributed by atoms with E-state index in [-0.39, 0.29) is 18.3 Å². The molecule has 1 atom stereocenters. The number of carbonyl (C=O) groups excluding carboxylic acids is 1. The minimum absolute atomic E-state index is 0.0505. The van der Waals surface area contributed by atoms with Gasteiger partial charge in [0.2, 0.25) is 5.91 Å². The third kappa shape index (κ3) is 5.55. The maximum atomic E-state index is 14.3. The second kappa shape index (κ2) is 9.85. The first kappa shape index (κ1) is 21.3. The van der Waals surface area contributed by atoms with Gasteiger partial charge in [0.25, 0.3) is 0 Å². The van der Waals surface area contributed by atoms with Crippen molar-refractivity contribution < 1.29 is 14.3 Å². The largest absolute Gasteiger partial charge is 0.393 e. The Kier molecular flexibility index (Phi) is 7.23. The van der Waals surface area contributed by atoms with Crippen LogP contribution in [0.5, 0.6) is 0 Å². The number of rotatable bonds is 9. The number of benzene rings is 2. The van der Waals surface area contributed by atoms with Gasteiger partial charge in [0.05, 0.1) is 23.7 Å². The predicted molar refractivity (Wildman–Crippen MR) is 112 cm³/mol. The molecule has 0 aliphatic rings. The molecule has 1 aromatic heterocycles. The number of halogens is 2. The Balaban J connectivity index is 1.73. The standard InChI is InChI=1S/C22H25ClFN3O2/c1-15(28)6-4-11-22(29)25-13-12-21-26-19-9-2-3-10-20(19)27(21)14-16-17(23)7-5-8-18(16)24/h2-3,5,7-10,15,28H,4,6,11-14H2,1H3,(H,25,29). The monoisotopic (exact) mass is 417 g/mol. The van der Waals surface area contributed by atoms with E-state index in [0.717, 1.165) is 16.9 Å². The number of hydrogen-bond acceptors (Lipinski definition) is 3. The summed E-state index contributed by atoms with van der Waals surface area (Å²) in [5.74, 6) is 0.355. The zero-order valence-corrected chi connectivity index (χ0v) is 17.1. The quantitative estimate of drug-likeness (QED) is 0.551. The van der Waals surface area contributed by atoms with Crippen molar-refractivity contribution in [2.24, 2.45) is 0 Å². The van der Waals surface area contributed by atoms with Gasteiger partial charge < -0.3 is 15.0 Å². The van der Waals surface area contributed by atoms with Gasteiger partial charge in [-0.05, 0) is 44.0 Å². The van der Waals surface area contributed by atoms with Crippen molar-refractivity contribution >= 4 is 28.5 Å². The van der Waals surface area contributed by atoms with E-state index < -0.39 is 6.10 Å². The summed E-state index contributed by atoms with van der Waals surface area (Å²) in [6.07, 6.45) is 1.75. The number of carbonyl (C=O) groups is 1. The van der Waals surface area contributed by atoms with Crippen molar-refractivity contribution in [3.05, 3.63) is 64.7 Å². The molecule has 0 fully saturated rings. The van der Waals surface area contributed by atoms with Crippen LogP contribution in [0.25, 0.3) is 11.0 Å². The average molecular weight is 418 g/mol. The van der Waals surface area contributed by atoms with Crippen LogP contribution in [0.1, 0.15) is 37.6 Å². The summed E-state index contributed by atoms with van der Waals surface area (Å²) >= 11 is 6.22. The summed E-state index contributed by atoms with van der Waals surface area (Å²) in [5.41, 5.74) is 2.13. The molecule has 3 rings (SSSR count). The van der Waals surface area contributed by atoms with Gasteiger partial charge in [-0.25, -0.2) is 9.37 Å². The third-order valence-electron chi connectivity index (χ3n) is 4.81. The summed E-state index contributed by atoms with van der Waals surface area (Å²) in [6, 6.07) is 12.3. The highest BCUT2D eigenvalue weighted by atomic mass is 35.5. The van der Waals surface area contributed by atoms with Crippen molar-refractivity contribution in [3.63, 3.8) is 0 Å². The molecule has 1 unspecified atom stereocenters. The number of fused-ring (bicyclic) bond motifs is 1. The number of nitrogens with one attached hydrogen (secondary N) is 1. The maximum Gasteiger partial charge on any atom is 0.220 e. The van der Waals surface area contributed by atoms with Crippen molar-refractivity contribution in [2.45, 2.75) is 45.3 Å². The molecule has 1 amide bonds. The van der Waals surface area contributed by atoms with E-state index in [1.807, 2.05) is 28.8 Å². The third-order valence-corrected chi connectivity index (χ3v) is 5.16. The first-order valence-electron chi connectivity index (χ1n) is 9.77. The van der Waals surface area contributed by atoms with E-state index >= 15 is 0 Å². The number of imidazole rings is 1. The van der Waals surface area contributed by atoms with Gasteiger partial charge in [0.15, 0.2) is 0 Å². The number of aliphatic hydroxyl groups is 1. The van der Waals surface area contributed by atoms with Gasteiger partial charge in [0.1, 0.15) is 11.6 Å². The number of aromatic nitrogens is 2. The molecule has 5 nitrogen and oxygen atoms in total. The molecule has 0 spiro atoms. The number of aliphatic hydroxyl groups excluding tert-OH is 1. The molecule has 154 valence electrons. The summed E-state index contributed by atoms with van der Waals surface area (Å²) in [4.78, 5) is 16.6. The van der Waals surface area contributed by atoms with E-state index in [0.29, 0.717) is 42.8 Å². The molecule has 0 saturated heterocycles. The van der Waals surface area contributed by atoms with Gasteiger partial charge in [-0.3, -0.25) is 4.79 Å². The number of nitrogens with zero attached hydrogens (tertiary/aromatic N) is 2. The van der Waals surface area contributed by atoms with Crippen LogP contribution in [0, 0.1) is 5.82 Å². The van der Waals surface area contributed by atoms with Crippen molar-refractivity contribution in [3.8, 4) is 0 Å². The first-order valence-corrected chi connectivity index (χ1v) is 10.2. The molecule has 0 aliphatic carbocycles. The van der Waals surface area contributed by atoms with Crippen LogP contribution in [0.4, 0.5) is 4.39 Å². The van der Waals surface area contributed by atoms with Crippen LogP contribution in [0.15, 0.2) is 42.5 Å². The molecule has 3 aromatic rings. The van der Waals surface area contributed by atoms with E-state index in [4.69, 9.17) is 11.6 Å². The zero-order chi connectivity index (χ0) is 20.8. The van der Waals surface area contributed by atoms with E-state index in [9.17, 15) is 14.3 Å². The van der Waals surface area contributed by atoms with Gasteiger partial charge in [-0.1, -0.05) is 29.8 Å². The van der Waals surface area contributed by atoms with Crippen molar-refractivity contribution in [1.29, 1.82) is 0 Å². The molecule has 0 bridgehead atoms. The van der Waals surface area contributed by atoms with Crippen LogP contribution in [-0.4, -0.2) is 33.2 Å². The van der Waals surface area contributed by atoms with E-state index in [1.54, 1.807) is 19.1 Å². The van der Waals surface area contributed by atoms with Crippen molar-refractivity contribution in [1.82, 2.24) is 14.9 Å². The smallest absolute Gasteiger partial charge is 0.220 e. The van der Waals surface area contributed by atoms with Gasteiger partial charge in [-0.15, -0.1) is 0 Å². The lowest BCUT2D eigenvalue weighted by atomic mass is 10.1. The summed E-state index contributed by atoms with van der Waals surface area (Å²) in [7, 11) is 0. The fourth-order valence-corrected chi connectivity index (χ4v) is 3.52. The molecular weight excluding hydrogens is 393 g/mol. The second-order valence-corrected chi connectivity index (χ2v) is 7.55. The van der Waals surface area contributed by atoms with Crippen LogP contribution in [0.2, 0.25) is 5.02 Å². The van der Waals surface area contributed by atoms with Crippen LogP contribution in [-0.2, 0) is 17.8 Å². The predicted octanol–water partition coefficient (Wildman–Crippen LogP) is 4.09. The highest BCUT2D eigenvalue weighted by molar-refractivity contribution is 6.31. The van der Waals surface area contributed by atoms with Crippen LogP contribution < -0.4 is 5.32 Å². The highest BCUT2D eigenvalue weighted by Crippen LogP contribution is 2.24. The SMILES string of the molecule is CC(O)CCCC(=O)NCCc1nc2ccccc2n1Cc1c(F)cccc1Cl. The number of amides is 1. The molecule has 0 aliphatic heterocycles. The van der Waals surface area contributed by atoms with Crippen LogP contribution in [0.3, 0.4) is 0 Å². The highest BCUT2D eigenvalue weighted by Gasteiger charge is 2.15. The lowest BCUT2D eigenvalue weighted by Gasteiger charge is -2.12. The molecule has 7 heteroatoms. The normalized spacial score (nSPS) is 12.3. The lowest BCUT2D eigenvalue weighted by molar-refractivity contribution is -0.121. The minimum Gasteiger partial charge on any atom is -0.393 e. The molecule has 29 heavy (non-hydrogen) atoms. The number of hydrogen-bond donors (Lipinski definition) is 2. The zero-order valence-electron chi connectivity index (χ0n) is 16.4. The summed E-state index contributed by atoms with van der Waals surface area (Å²) in [5, 5.41) is 12.5. The van der Waals surface area contributed by atoms with Crippen LogP contribution >= 0.6 is 11.6 Å². The minimum atomic E-state index is -0.395. The average Bonchev–Trinajstić information content (AvgIpc) is 3.02. The number of para-hydroxylation sites is 2. The Morgan fingerprint density at radius 3 is 2.83 bits per heavy atom. The molecule has 2 N–H and O–H groups in total. The summed E-state index contributed by atoms with van der Waals surface area (Å²) < 4.78 is 16.3. The topological polar surface area (TPSA) is 67.2 Å². The first-order chi connectivity index (χ1) is 14.0. The summed E-state index contributed by atoms with van der Waals surface area (Å²) in [6.45, 7) is 2.41.